The lowest BCUT2D eigenvalue weighted by Crippen LogP contribution is -2.43. The van der Waals surface area contributed by atoms with Crippen LogP contribution in [-0.2, 0) is 0 Å². The number of benzene rings is 2. The van der Waals surface area contributed by atoms with E-state index in [1.54, 1.807) is 31.2 Å². The summed E-state index contributed by atoms with van der Waals surface area (Å²) in [7, 11) is 2.00. The van der Waals surface area contributed by atoms with Gasteiger partial charge in [-0.05, 0) is 89.8 Å². The molecule has 0 amide bonds. The van der Waals surface area contributed by atoms with Crippen LogP contribution < -0.4 is 19.3 Å². The van der Waals surface area contributed by atoms with Crippen LogP contribution in [0.5, 0.6) is 11.5 Å². The van der Waals surface area contributed by atoms with Gasteiger partial charge in [-0.2, -0.15) is 0 Å². The predicted molar refractivity (Wildman–Crippen MR) is 143 cm³/mol. The van der Waals surface area contributed by atoms with Crippen LogP contribution in [0.2, 0.25) is 5.28 Å². The summed E-state index contributed by atoms with van der Waals surface area (Å²) in [5, 5.41) is 20.9. The molecule has 2 atom stereocenters. The van der Waals surface area contributed by atoms with Crippen LogP contribution >= 0.6 is 11.6 Å². The van der Waals surface area contributed by atoms with Crippen molar-refractivity contribution in [3.05, 3.63) is 70.1 Å². The molecule has 0 spiro atoms. The fourth-order valence-corrected chi connectivity index (χ4v) is 4.90. The molecule has 0 radical (unpaired) electrons. The van der Waals surface area contributed by atoms with Gasteiger partial charge in [-0.1, -0.05) is 0 Å². The minimum Gasteiger partial charge on any atom is -0.470 e. The molecule has 2 unspecified atom stereocenters. The van der Waals surface area contributed by atoms with Gasteiger partial charge in [0.15, 0.2) is 6.23 Å². The molecule has 1 aliphatic heterocycles. The summed E-state index contributed by atoms with van der Waals surface area (Å²) in [6.07, 6.45) is -3.28. The van der Waals surface area contributed by atoms with Crippen LogP contribution in [0.1, 0.15) is 32.4 Å². The van der Waals surface area contributed by atoms with Crippen molar-refractivity contribution in [1.82, 2.24) is 9.55 Å². The van der Waals surface area contributed by atoms with Crippen LogP contribution in [0.4, 0.5) is 30.4 Å². The molecule has 40 heavy (non-hydrogen) atoms. The van der Waals surface area contributed by atoms with Crippen LogP contribution in [0.25, 0.3) is 0 Å². The van der Waals surface area contributed by atoms with E-state index in [1.165, 1.54) is 22.9 Å². The smallest absolute Gasteiger partial charge is 0.470 e. The van der Waals surface area contributed by atoms with E-state index in [0.29, 0.717) is 5.75 Å². The molecule has 0 saturated carbocycles. The van der Waals surface area contributed by atoms with E-state index >= 15 is 0 Å². The number of alkyl halides is 3. The maximum absolute atomic E-state index is 12.4. The lowest BCUT2D eigenvalue weighted by atomic mass is 10.0. The number of anilines is 2. The molecule has 1 aromatic heterocycles. The lowest BCUT2D eigenvalue weighted by molar-refractivity contribution is -0.389. The average molecular weight is 584 g/mol. The normalized spacial score (nSPS) is 15.9. The van der Waals surface area contributed by atoms with Gasteiger partial charge in [-0.15, -0.1) is 13.2 Å². The molecule has 1 N–H and O–H groups in total. The first-order chi connectivity index (χ1) is 18.9. The Labute approximate surface area is 233 Å². The van der Waals surface area contributed by atoms with Crippen molar-refractivity contribution in [3.8, 4) is 11.5 Å². The van der Waals surface area contributed by atoms with Gasteiger partial charge in [0.25, 0.3) is 0 Å². The molecule has 2 aromatic carbocycles. The average Bonchev–Trinajstić information content (AvgIpc) is 3.30. The highest BCUT2D eigenvalue weighted by molar-refractivity contribution is 6.28. The monoisotopic (exact) mass is 583 g/mol. The van der Waals surface area contributed by atoms with Gasteiger partial charge in [0.1, 0.15) is 17.7 Å². The Morgan fingerprint density at radius 3 is 2.27 bits per heavy atom. The molecule has 1 saturated heterocycles. The number of aliphatic hydroxyl groups is 1. The Bertz CT molecular complexity index is 1280. The number of imidazole rings is 1. The molecular weight excluding hydrogens is 555 g/mol. The maximum Gasteiger partial charge on any atom is 0.573 e. The third-order valence-corrected chi connectivity index (χ3v) is 6.96. The van der Waals surface area contributed by atoms with Crippen LogP contribution in [-0.4, -0.2) is 58.2 Å². The number of hydrogen-bond donors (Lipinski definition) is 1. The van der Waals surface area contributed by atoms with E-state index in [0.717, 1.165) is 37.3 Å². The second-order valence-corrected chi connectivity index (χ2v) is 9.89. The van der Waals surface area contributed by atoms with E-state index in [2.05, 4.69) is 19.5 Å². The Balaban J connectivity index is 1.35. The molecule has 4 rings (SSSR count). The number of ether oxygens (including phenoxy) is 2. The van der Waals surface area contributed by atoms with Gasteiger partial charge < -0.3 is 34.5 Å². The highest BCUT2D eigenvalue weighted by atomic mass is 35.5. The Hall–Kier alpha value is -3.71. The largest absolute Gasteiger partial charge is 0.573 e. The highest BCUT2D eigenvalue weighted by Gasteiger charge is 2.31. The zero-order valence-corrected chi connectivity index (χ0v) is 22.5. The number of nitro groups is 1. The van der Waals surface area contributed by atoms with Crippen molar-refractivity contribution < 1.29 is 32.7 Å². The summed E-state index contributed by atoms with van der Waals surface area (Å²) in [6, 6.07) is 13.5. The predicted octanol–water partition coefficient (Wildman–Crippen LogP) is 5.80. The lowest BCUT2D eigenvalue weighted by Gasteiger charge is -2.39. The summed E-state index contributed by atoms with van der Waals surface area (Å²) in [4.78, 5) is 18.5. The number of aliphatic hydroxyl groups excluding tert-OH is 1. The number of piperidine rings is 1. The Kier molecular flexibility index (Phi) is 8.94. The first-order valence-corrected chi connectivity index (χ1v) is 12.9. The Morgan fingerprint density at radius 2 is 1.75 bits per heavy atom. The number of rotatable bonds is 10. The van der Waals surface area contributed by atoms with Crippen molar-refractivity contribution in [2.45, 2.75) is 50.9 Å². The molecule has 1 fully saturated rings. The zero-order chi connectivity index (χ0) is 29.0. The second kappa shape index (κ2) is 12.2. The van der Waals surface area contributed by atoms with E-state index in [1.807, 2.05) is 19.2 Å². The summed E-state index contributed by atoms with van der Waals surface area (Å²) in [5.41, 5.74) is 1.80. The molecule has 10 nitrogen and oxygen atoms in total. The molecule has 14 heteroatoms. The minimum absolute atomic E-state index is 0.120. The third kappa shape index (κ3) is 7.48. The molecule has 1 aliphatic rings. The third-order valence-electron chi connectivity index (χ3n) is 6.68. The molecule has 3 aromatic rings. The summed E-state index contributed by atoms with van der Waals surface area (Å²) in [6.45, 7) is 3.07. The van der Waals surface area contributed by atoms with Crippen molar-refractivity contribution >= 4 is 28.8 Å². The highest BCUT2D eigenvalue weighted by Crippen LogP contribution is 2.31. The molecule has 2 heterocycles. The van der Waals surface area contributed by atoms with Gasteiger partial charge in [0.05, 0.1) is 6.10 Å². The zero-order valence-electron chi connectivity index (χ0n) is 21.8. The summed E-state index contributed by atoms with van der Waals surface area (Å²) >= 11 is 6.09. The van der Waals surface area contributed by atoms with Crippen LogP contribution in [0.15, 0.2) is 54.7 Å². The van der Waals surface area contributed by atoms with E-state index in [9.17, 15) is 28.4 Å². The molecule has 0 aliphatic carbocycles. The number of hydrogen-bond acceptors (Lipinski definition) is 8. The van der Waals surface area contributed by atoms with Crippen molar-refractivity contribution in [3.63, 3.8) is 0 Å². The quantitative estimate of drug-likeness (QED) is 0.236. The molecule has 0 bridgehead atoms. The summed E-state index contributed by atoms with van der Waals surface area (Å²) < 4.78 is 48.5. The number of aromatic nitrogens is 2. The minimum atomic E-state index is -4.72. The van der Waals surface area contributed by atoms with Crippen LogP contribution in [0, 0.1) is 10.1 Å². The maximum atomic E-state index is 12.4. The van der Waals surface area contributed by atoms with Crippen LogP contribution in [0.3, 0.4) is 0 Å². The van der Waals surface area contributed by atoms with E-state index in [-0.39, 0.29) is 23.5 Å². The van der Waals surface area contributed by atoms with E-state index < -0.39 is 29.4 Å². The topological polar surface area (TPSA) is 106 Å². The first-order valence-electron chi connectivity index (χ1n) is 12.6. The standard InChI is InChI=1S/C26H29ClF3N5O5/c1-17(36)15-24(34-16-23(35(37)38)31-25(34)27)39-21-7-3-18(4-8-21)32(2)19-11-13-33(14-12-19)20-5-9-22(10-6-20)40-26(28,29)30/h3-10,16-17,19,24,36H,11-15H2,1-2H3. The Morgan fingerprint density at radius 1 is 1.15 bits per heavy atom. The van der Waals surface area contributed by atoms with Gasteiger partial charge in [0.2, 0.25) is 0 Å². The van der Waals surface area contributed by atoms with Gasteiger partial charge >= 0.3 is 17.5 Å². The van der Waals surface area contributed by atoms with E-state index in [4.69, 9.17) is 16.3 Å². The van der Waals surface area contributed by atoms with Gasteiger partial charge in [-0.25, -0.2) is 0 Å². The first kappa shape index (κ1) is 29.3. The SMILES string of the molecule is CC(O)CC(Oc1ccc(N(C)C2CCN(c3ccc(OC(F)(F)F)cc3)CC2)cc1)n1cc([N+](=O)[O-])nc1Cl. The number of halogens is 4. The fourth-order valence-electron chi connectivity index (χ4n) is 4.66. The number of nitrogens with zero attached hydrogens (tertiary/aromatic N) is 5. The van der Waals surface area contributed by atoms with Crippen molar-refractivity contribution in [2.75, 3.05) is 29.9 Å². The molecule has 216 valence electrons. The molecular formula is C26H29ClF3N5O5. The second-order valence-electron chi connectivity index (χ2n) is 9.55. The summed E-state index contributed by atoms with van der Waals surface area (Å²) in [5.74, 6) is -0.174. The van der Waals surface area contributed by atoms with Gasteiger partial charge in [0, 0.05) is 44.0 Å². The van der Waals surface area contributed by atoms with Crippen molar-refractivity contribution in [2.24, 2.45) is 0 Å². The fraction of sp³-hybridized carbons (Fsp3) is 0.423. The van der Waals surface area contributed by atoms with Gasteiger partial charge in [-0.3, -0.25) is 4.57 Å². The van der Waals surface area contributed by atoms with Crippen molar-refractivity contribution in [1.29, 1.82) is 0 Å².